The number of rotatable bonds is 7. The van der Waals surface area contributed by atoms with E-state index in [4.69, 9.17) is 11.2 Å². The molecule has 0 heterocycles. The summed E-state index contributed by atoms with van der Waals surface area (Å²) in [4.78, 5) is 0. The second-order valence-electron chi connectivity index (χ2n) is 6.15. The van der Waals surface area contributed by atoms with E-state index in [1.54, 1.807) is 0 Å². The third-order valence-corrected chi connectivity index (χ3v) is 4.39. The molecule has 1 N–H and O–H groups in total. The zero-order chi connectivity index (χ0) is 18.2. The van der Waals surface area contributed by atoms with Crippen LogP contribution in [0.25, 0.3) is 0 Å². The summed E-state index contributed by atoms with van der Waals surface area (Å²) in [5, 5.41) is 10.2. The van der Waals surface area contributed by atoms with E-state index in [-0.39, 0.29) is 13.0 Å². The van der Waals surface area contributed by atoms with Gasteiger partial charge in [0.15, 0.2) is 0 Å². The lowest BCUT2D eigenvalue weighted by Crippen LogP contribution is -2.35. The molecule has 3 aromatic rings. The van der Waals surface area contributed by atoms with E-state index in [1.165, 1.54) is 0 Å². The Morgan fingerprint density at radius 1 is 0.769 bits per heavy atom. The number of ether oxygens (including phenoxy) is 1. The van der Waals surface area contributed by atoms with Gasteiger partial charge in [-0.25, -0.2) is 0 Å². The van der Waals surface area contributed by atoms with Gasteiger partial charge in [0.05, 0.1) is 12.7 Å². The maximum absolute atomic E-state index is 10.2. The number of hydrogen-bond acceptors (Lipinski definition) is 2. The molecule has 0 amide bonds. The second-order valence-corrected chi connectivity index (χ2v) is 6.15. The van der Waals surface area contributed by atoms with E-state index in [0.29, 0.717) is 0 Å². The quantitative estimate of drug-likeness (QED) is 0.510. The van der Waals surface area contributed by atoms with Crippen LogP contribution in [0.2, 0.25) is 0 Å². The minimum absolute atomic E-state index is 0.142. The SMILES string of the molecule is C#CC[C@@H](O)COC(c1ccccc1)(c1ccccc1)c1ccccc1. The van der Waals surface area contributed by atoms with Crippen molar-refractivity contribution in [1.29, 1.82) is 0 Å². The zero-order valence-corrected chi connectivity index (χ0v) is 14.6. The van der Waals surface area contributed by atoms with E-state index >= 15 is 0 Å². The molecule has 0 unspecified atom stereocenters. The predicted molar refractivity (Wildman–Crippen MR) is 105 cm³/mol. The monoisotopic (exact) mass is 342 g/mol. The normalized spacial score (nSPS) is 12.3. The first-order valence-electron chi connectivity index (χ1n) is 8.69. The molecule has 0 radical (unpaired) electrons. The molecule has 0 saturated heterocycles. The Kier molecular flexibility index (Phi) is 5.86. The van der Waals surface area contributed by atoms with Gasteiger partial charge in [-0.1, -0.05) is 91.0 Å². The van der Waals surface area contributed by atoms with Gasteiger partial charge in [0.2, 0.25) is 0 Å². The Morgan fingerprint density at radius 2 is 1.15 bits per heavy atom. The van der Waals surface area contributed by atoms with Gasteiger partial charge < -0.3 is 9.84 Å². The molecule has 26 heavy (non-hydrogen) atoms. The van der Waals surface area contributed by atoms with Crippen LogP contribution in [0.3, 0.4) is 0 Å². The van der Waals surface area contributed by atoms with Gasteiger partial charge in [0.25, 0.3) is 0 Å². The molecule has 0 aliphatic carbocycles. The van der Waals surface area contributed by atoms with E-state index in [1.807, 2.05) is 91.0 Å². The van der Waals surface area contributed by atoms with Crippen LogP contribution in [0, 0.1) is 12.3 Å². The Hall–Kier alpha value is -2.86. The van der Waals surface area contributed by atoms with Gasteiger partial charge in [-0.2, -0.15) is 0 Å². The Labute approximate surface area is 155 Å². The van der Waals surface area contributed by atoms with Crippen molar-refractivity contribution in [3.05, 3.63) is 108 Å². The lowest BCUT2D eigenvalue weighted by Gasteiger charge is -2.36. The highest BCUT2D eigenvalue weighted by Crippen LogP contribution is 2.40. The summed E-state index contributed by atoms with van der Waals surface area (Å²) in [7, 11) is 0. The first-order valence-corrected chi connectivity index (χ1v) is 8.69. The van der Waals surface area contributed by atoms with Crippen molar-refractivity contribution in [2.24, 2.45) is 0 Å². The summed E-state index contributed by atoms with van der Waals surface area (Å²) in [5.41, 5.74) is 2.19. The van der Waals surface area contributed by atoms with Crippen molar-refractivity contribution < 1.29 is 9.84 Å². The summed E-state index contributed by atoms with van der Waals surface area (Å²) in [6.07, 6.45) is 4.88. The highest BCUT2D eigenvalue weighted by atomic mass is 16.5. The molecule has 2 heteroatoms. The first kappa shape index (κ1) is 17.9. The van der Waals surface area contributed by atoms with Crippen molar-refractivity contribution in [1.82, 2.24) is 0 Å². The van der Waals surface area contributed by atoms with Crippen LogP contribution in [0.15, 0.2) is 91.0 Å². The molecular weight excluding hydrogens is 320 g/mol. The number of aliphatic hydroxyl groups is 1. The van der Waals surface area contributed by atoms with Gasteiger partial charge in [0, 0.05) is 6.42 Å². The summed E-state index contributed by atoms with van der Waals surface area (Å²) in [6, 6.07) is 30.2. The maximum Gasteiger partial charge on any atom is 0.143 e. The summed E-state index contributed by atoms with van der Waals surface area (Å²) in [5.74, 6) is 2.49. The van der Waals surface area contributed by atoms with Crippen LogP contribution >= 0.6 is 0 Å². The number of benzene rings is 3. The fourth-order valence-electron chi connectivity index (χ4n) is 3.18. The highest BCUT2D eigenvalue weighted by Gasteiger charge is 2.37. The summed E-state index contributed by atoms with van der Waals surface area (Å²) in [6.45, 7) is 0.142. The molecule has 0 aliphatic rings. The number of hydrogen-bond donors (Lipinski definition) is 1. The smallest absolute Gasteiger partial charge is 0.143 e. The fourth-order valence-corrected chi connectivity index (χ4v) is 3.18. The lowest BCUT2D eigenvalue weighted by molar-refractivity contribution is -0.0362. The molecule has 0 aliphatic heterocycles. The standard InChI is InChI=1S/C24H22O2/c1-2-12-23(25)19-26-24(20-13-6-3-7-14-20,21-15-8-4-9-16-21)22-17-10-5-11-18-22/h1,3-11,13-18,23,25H,12,19H2/t23-/m1/s1. The lowest BCUT2D eigenvalue weighted by atomic mass is 9.80. The maximum atomic E-state index is 10.2. The minimum atomic E-state index is -0.820. The molecule has 0 saturated carbocycles. The average molecular weight is 342 g/mol. The zero-order valence-electron chi connectivity index (χ0n) is 14.6. The third-order valence-electron chi connectivity index (χ3n) is 4.39. The van der Waals surface area contributed by atoms with Gasteiger partial charge in [-0.15, -0.1) is 12.3 Å². The highest BCUT2D eigenvalue weighted by molar-refractivity contribution is 5.47. The van der Waals surface area contributed by atoms with Crippen LogP contribution in [-0.2, 0) is 10.3 Å². The average Bonchev–Trinajstić information content (AvgIpc) is 2.71. The molecule has 3 aromatic carbocycles. The van der Waals surface area contributed by atoms with Crippen molar-refractivity contribution in [3.8, 4) is 12.3 Å². The molecule has 130 valence electrons. The van der Waals surface area contributed by atoms with E-state index in [0.717, 1.165) is 16.7 Å². The van der Waals surface area contributed by atoms with E-state index in [2.05, 4.69) is 5.92 Å². The van der Waals surface area contributed by atoms with Gasteiger partial charge in [-0.3, -0.25) is 0 Å². The second kappa shape index (κ2) is 8.49. The molecule has 0 fully saturated rings. The molecule has 0 bridgehead atoms. The van der Waals surface area contributed by atoms with Crippen molar-refractivity contribution in [2.45, 2.75) is 18.1 Å². The first-order chi connectivity index (χ1) is 12.8. The van der Waals surface area contributed by atoms with Crippen LogP contribution in [0.4, 0.5) is 0 Å². The van der Waals surface area contributed by atoms with Crippen LogP contribution < -0.4 is 0 Å². The van der Waals surface area contributed by atoms with E-state index < -0.39 is 11.7 Å². The van der Waals surface area contributed by atoms with Gasteiger partial charge >= 0.3 is 0 Å². The van der Waals surface area contributed by atoms with Crippen LogP contribution in [0.5, 0.6) is 0 Å². The van der Waals surface area contributed by atoms with Gasteiger partial charge in [-0.05, 0) is 16.7 Å². The molecule has 3 rings (SSSR count). The topological polar surface area (TPSA) is 29.5 Å². The van der Waals surface area contributed by atoms with Crippen LogP contribution in [0.1, 0.15) is 23.1 Å². The van der Waals surface area contributed by atoms with E-state index in [9.17, 15) is 5.11 Å². The van der Waals surface area contributed by atoms with Crippen LogP contribution in [-0.4, -0.2) is 17.8 Å². The Morgan fingerprint density at radius 3 is 1.50 bits per heavy atom. The molecule has 2 nitrogen and oxygen atoms in total. The molecular formula is C24H22O2. The molecule has 0 spiro atoms. The molecule has 1 atom stereocenters. The van der Waals surface area contributed by atoms with Gasteiger partial charge in [0.1, 0.15) is 5.60 Å². The van der Waals surface area contributed by atoms with Crippen molar-refractivity contribution in [2.75, 3.05) is 6.61 Å². The number of aliphatic hydroxyl groups excluding tert-OH is 1. The Balaban J connectivity index is 2.16. The predicted octanol–water partition coefficient (Wildman–Crippen LogP) is 4.38. The fraction of sp³-hybridized carbons (Fsp3) is 0.167. The third kappa shape index (κ3) is 3.70. The summed E-state index contributed by atoms with van der Waals surface area (Å²) >= 11 is 0. The Bertz CT molecular complexity index is 739. The largest absolute Gasteiger partial charge is 0.390 e. The van der Waals surface area contributed by atoms with Crippen molar-refractivity contribution in [3.63, 3.8) is 0 Å². The van der Waals surface area contributed by atoms with Crippen molar-refractivity contribution >= 4 is 0 Å². The molecule has 0 aromatic heterocycles. The minimum Gasteiger partial charge on any atom is -0.390 e. The summed E-state index contributed by atoms with van der Waals surface area (Å²) < 4.78 is 6.46. The number of terminal acetylenes is 1.